The lowest BCUT2D eigenvalue weighted by atomic mass is 10.1. The lowest BCUT2D eigenvalue weighted by molar-refractivity contribution is -0.136. The van der Waals surface area contributed by atoms with Crippen LogP contribution in [-0.2, 0) is 14.4 Å². The van der Waals surface area contributed by atoms with E-state index in [1.165, 1.54) is 4.90 Å². The number of amides is 3. The summed E-state index contributed by atoms with van der Waals surface area (Å²) in [5, 5.41) is 23.3. The van der Waals surface area contributed by atoms with Gasteiger partial charge >= 0.3 is 0 Å². The summed E-state index contributed by atoms with van der Waals surface area (Å²) in [4.78, 5) is 44.7. The van der Waals surface area contributed by atoms with E-state index < -0.39 is 6.04 Å². The Balaban J connectivity index is 1.15. The highest BCUT2D eigenvalue weighted by Gasteiger charge is 2.28. The Bertz CT molecular complexity index is 1790. The van der Waals surface area contributed by atoms with Crippen LogP contribution in [0.2, 0.25) is 0 Å². The molecule has 3 aromatic carbocycles. The number of carbonyl (C=O) groups is 3. The number of fused-ring (bicyclic) bond motifs is 2. The number of nitrogens with zero attached hydrogens (tertiary/aromatic N) is 3. The van der Waals surface area contributed by atoms with Gasteiger partial charge in [0.1, 0.15) is 23.1 Å². The van der Waals surface area contributed by atoms with Gasteiger partial charge < -0.3 is 30.0 Å². The fourth-order valence-electron chi connectivity index (χ4n) is 5.34. The van der Waals surface area contributed by atoms with E-state index in [0.717, 1.165) is 33.9 Å². The third-order valence-electron chi connectivity index (χ3n) is 7.45. The normalized spacial score (nSPS) is 15.3. The SMILES string of the molecule is COc1cc(NC(=O)CCNC(=O)CN2CCCC[C@H](N=C(NC#N)Nc3ccc4oc(C)cc4c3)C2=O)cc2ccccc12. The number of methoxy groups -OCH3 is 1. The number of guanidine groups is 1. The highest BCUT2D eigenvalue weighted by atomic mass is 16.5. The molecule has 1 saturated heterocycles. The number of anilines is 2. The average Bonchev–Trinajstić information content (AvgIpc) is 3.31. The Hall–Kier alpha value is -5.57. The fraction of sp³-hybridized carbons (Fsp3) is 0.303. The van der Waals surface area contributed by atoms with Crippen LogP contribution in [0.1, 0.15) is 31.4 Å². The molecule has 232 valence electrons. The first-order chi connectivity index (χ1) is 21.8. The summed E-state index contributed by atoms with van der Waals surface area (Å²) in [5.41, 5.74) is 2.01. The van der Waals surface area contributed by atoms with Gasteiger partial charge in [0.15, 0.2) is 6.19 Å². The van der Waals surface area contributed by atoms with Crippen LogP contribution >= 0.6 is 0 Å². The molecule has 0 saturated carbocycles. The second-order valence-corrected chi connectivity index (χ2v) is 10.8. The molecule has 0 radical (unpaired) electrons. The molecule has 3 amide bonds. The van der Waals surface area contributed by atoms with E-state index in [4.69, 9.17) is 9.15 Å². The fourth-order valence-corrected chi connectivity index (χ4v) is 5.34. The van der Waals surface area contributed by atoms with Crippen molar-refractivity contribution >= 4 is 56.8 Å². The molecular weight excluding hydrogens is 574 g/mol. The number of ether oxygens (including phenoxy) is 1. The predicted octanol–water partition coefficient (Wildman–Crippen LogP) is 4.27. The van der Waals surface area contributed by atoms with Gasteiger partial charge in [-0.3, -0.25) is 19.7 Å². The molecule has 12 heteroatoms. The zero-order valence-electron chi connectivity index (χ0n) is 25.2. The molecule has 0 aliphatic carbocycles. The summed E-state index contributed by atoms with van der Waals surface area (Å²) >= 11 is 0. The Labute approximate surface area is 260 Å². The van der Waals surface area contributed by atoms with E-state index in [9.17, 15) is 19.6 Å². The van der Waals surface area contributed by atoms with E-state index >= 15 is 0 Å². The van der Waals surface area contributed by atoms with Crippen molar-refractivity contribution in [2.45, 2.75) is 38.6 Å². The first-order valence-corrected chi connectivity index (χ1v) is 14.7. The number of hydrogen-bond donors (Lipinski definition) is 4. The van der Waals surface area contributed by atoms with Gasteiger partial charge in [-0.1, -0.05) is 24.3 Å². The van der Waals surface area contributed by atoms with Crippen molar-refractivity contribution in [3.05, 3.63) is 66.4 Å². The van der Waals surface area contributed by atoms with E-state index in [1.54, 1.807) is 19.2 Å². The van der Waals surface area contributed by atoms with Crippen molar-refractivity contribution in [2.75, 3.05) is 37.4 Å². The summed E-state index contributed by atoms with van der Waals surface area (Å²) in [6.45, 7) is 2.23. The molecule has 1 aliphatic rings. The Morgan fingerprint density at radius 3 is 2.69 bits per heavy atom. The van der Waals surface area contributed by atoms with Gasteiger partial charge in [-0.25, -0.2) is 4.99 Å². The van der Waals surface area contributed by atoms with E-state index in [1.807, 2.05) is 61.6 Å². The molecule has 1 atom stereocenters. The lowest BCUT2D eigenvalue weighted by Crippen LogP contribution is -2.45. The average molecular weight is 610 g/mol. The van der Waals surface area contributed by atoms with Gasteiger partial charge in [-0.15, -0.1) is 0 Å². The van der Waals surface area contributed by atoms with Crippen LogP contribution in [0.3, 0.4) is 0 Å². The molecule has 45 heavy (non-hydrogen) atoms. The summed E-state index contributed by atoms with van der Waals surface area (Å²) < 4.78 is 11.1. The Morgan fingerprint density at radius 1 is 1.04 bits per heavy atom. The quantitative estimate of drug-likeness (QED) is 0.0947. The van der Waals surface area contributed by atoms with Crippen LogP contribution in [0.15, 0.2) is 70.1 Å². The van der Waals surface area contributed by atoms with Crippen molar-refractivity contribution in [1.29, 1.82) is 5.26 Å². The van der Waals surface area contributed by atoms with Crippen molar-refractivity contribution < 1.29 is 23.5 Å². The smallest absolute Gasteiger partial charge is 0.247 e. The maximum absolute atomic E-state index is 13.4. The van der Waals surface area contributed by atoms with Gasteiger partial charge in [0.05, 0.1) is 13.7 Å². The number of rotatable bonds is 9. The summed E-state index contributed by atoms with van der Waals surface area (Å²) in [7, 11) is 1.58. The molecular formula is C33H35N7O5. The number of nitriles is 1. The molecule has 4 N–H and O–H groups in total. The van der Waals surface area contributed by atoms with Crippen LogP contribution in [-0.4, -0.2) is 61.4 Å². The number of aryl methyl sites for hydroxylation is 1. The Morgan fingerprint density at radius 2 is 1.87 bits per heavy atom. The minimum absolute atomic E-state index is 0.0563. The van der Waals surface area contributed by atoms with Crippen molar-refractivity contribution in [3.8, 4) is 11.9 Å². The molecule has 2 heterocycles. The number of furan rings is 1. The number of nitrogens with one attached hydrogen (secondary N) is 4. The standard InChI is InChI=1S/C33H35N7O5/c1-21-15-23-17-24(10-11-28(23)45-21)38-33(36-20-34)39-27-9-5-6-14-40(32(27)43)19-31(42)35-13-12-30(41)37-25-16-22-7-3-4-8-26(22)29(18-25)44-2/h3-4,7-8,10-11,15-18,27H,5-6,9,12-14,19H2,1-2H3,(H,35,42)(H,37,41)(H2,36,38,39)/t27-/m0/s1. The van der Waals surface area contributed by atoms with E-state index in [0.29, 0.717) is 36.5 Å². The molecule has 0 spiro atoms. The Kier molecular flexibility index (Phi) is 9.79. The van der Waals surface area contributed by atoms with Crippen LogP contribution in [0.4, 0.5) is 11.4 Å². The highest BCUT2D eigenvalue weighted by molar-refractivity contribution is 5.99. The summed E-state index contributed by atoms with van der Waals surface area (Å²) in [5.74, 6) is 0.635. The summed E-state index contributed by atoms with van der Waals surface area (Å²) in [6, 6.07) is 18.0. The number of benzene rings is 3. The lowest BCUT2D eigenvalue weighted by Gasteiger charge is -2.22. The topological polar surface area (TPSA) is 161 Å². The van der Waals surface area contributed by atoms with Crippen LogP contribution < -0.4 is 26.0 Å². The third-order valence-corrected chi connectivity index (χ3v) is 7.45. The number of aliphatic imine (C=N–C) groups is 1. The number of carbonyl (C=O) groups excluding carboxylic acids is 3. The summed E-state index contributed by atoms with van der Waals surface area (Å²) in [6.07, 6.45) is 3.85. The van der Waals surface area contributed by atoms with E-state index in [-0.39, 0.29) is 43.2 Å². The molecule has 1 aliphatic heterocycles. The molecule has 4 aromatic rings. The van der Waals surface area contributed by atoms with Crippen LogP contribution in [0.5, 0.6) is 5.75 Å². The van der Waals surface area contributed by atoms with Crippen molar-refractivity contribution in [1.82, 2.24) is 15.5 Å². The van der Waals surface area contributed by atoms with Gasteiger partial charge in [-0.2, -0.15) is 5.26 Å². The van der Waals surface area contributed by atoms with Crippen molar-refractivity contribution in [3.63, 3.8) is 0 Å². The molecule has 0 bridgehead atoms. The van der Waals surface area contributed by atoms with Gasteiger partial charge in [0.25, 0.3) is 0 Å². The first-order valence-electron chi connectivity index (χ1n) is 14.7. The number of likely N-dealkylation sites (tertiary alicyclic amines) is 1. The molecule has 1 aromatic heterocycles. The molecule has 0 unspecified atom stereocenters. The molecule has 5 rings (SSSR count). The first kappa shape index (κ1) is 30.9. The zero-order valence-corrected chi connectivity index (χ0v) is 25.2. The van der Waals surface area contributed by atoms with E-state index in [2.05, 4.69) is 26.3 Å². The molecule has 1 fully saturated rings. The van der Waals surface area contributed by atoms with Crippen molar-refractivity contribution in [2.24, 2.45) is 4.99 Å². The van der Waals surface area contributed by atoms with Gasteiger partial charge in [0.2, 0.25) is 23.7 Å². The highest BCUT2D eigenvalue weighted by Crippen LogP contribution is 2.30. The molecule has 12 nitrogen and oxygen atoms in total. The maximum Gasteiger partial charge on any atom is 0.247 e. The largest absolute Gasteiger partial charge is 0.496 e. The monoisotopic (exact) mass is 609 g/mol. The minimum Gasteiger partial charge on any atom is -0.496 e. The minimum atomic E-state index is -0.770. The van der Waals surface area contributed by atoms with Gasteiger partial charge in [-0.05, 0) is 61.9 Å². The van der Waals surface area contributed by atoms with Crippen LogP contribution in [0, 0.1) is 18.4 Å². The van der Waals surface area contributed by atoms with Crippen LogP contribution in [0.25, 0.3) is 21.7 Å². The second kappa shape index (κ2) is 14.3. The second-order valence-electron chi connectivity index (χ2n) is 10.8. The predicted molar refractivity (Wildman–Crippen MR) is 172 cm³/mol. The number of hydrogen-bond acceptors (Lipinski definition) is 7. The maximum atomic E-state index is 13.4. The third kappa shape index (κ3) is 7.88. The van der Waals surface area contributed by atoms with Gasteiger partial charge in [0, 0.05) is 47.7 Å². The zero-order chi connectivity index (χ0) is 31.8.